The lowest BCUT2D eigenvalue weighted by Crippen LogP contribution is -2.14. The second-order valence-electron chi connectivity index (χ2n) is 6.38. The molecule has 118 valence electrons. The molecule has 2 rings (SSSR count). The van der Waals surface area contributed by atoms with E-state index in [1.54, 1.807) is 6.07 Å². The molecule has 0 nitrogen and oxygen atoms in total. The number of aryl methyl sites for hydroxylation is 1. The minimum atomic E-state index is -4.36. The molecule has 0 radical (unpaired) electrons. The van der Waals surface area contributed by atoms with Gasteiger partial charge in [-0.25, -0.2) is 4.39 Å². The lowest BCUT2D eigenvalue weighted by atomic mass is 9.80. The molecule has 1 saturated carbocycles. The first-order valence-corrected chi connectivity index (χ1v) is 7.67. The molecule has 21 heavy (non-hydrogen) atoms. The van der Waals surface area contributed by atoms with E-state index in [9.17, 15) is 17.6 Å². The number of rotatable bonds is 4. The maximum absolute atomic E-state index is 13.7. The van der Waals surface area contributed by atoms with Gasteiger partial charge in [0.2, 0.25) is 0 Å². The first-order valence-electron chi connectivity index (χ1n) is 7.67. The van der Waals surface area contributed by atoms with E-state index in [2.05, 4.69) is 6.92 Å². The molecule has 0 aromatic heterocycles. The summed E-state index contributed by atoms with van der Waals surface area (Å²) < 4.78 is 50.5. The fraction of sp³-hybridized carbons (Fsp3) is 0.647. The van der Waals surface area contributed by atoms with Gasteiger partial charge in [0.1, 0.15) is 5.82 Å². The van der Waals surface area contributed by atoms with Crippen LogP contribution in [-0.4, -0.2) is 6.18 Å². The predicted octanol–water partition coefficient (Wildman–Crippen LogP) is 5.69. The molecule has 0 unspecified atom stereocenters. The molecule has 1 aromatic carbocycles. The summed E-state index contributed by atoms with van der Waals surface area (Å²) in [7, 11) is 0. The van der Waals surface area contributed by atoms with Crippen molar-refractivity contribution in [2.45, 2.75) is 58.0 Å². The molecule has 0 amide bonds. The first kappa shape index (κ1) is 16.3. The Morgan fingerprint density at radius 1 is 1.10 bits per heavy atom. The van der Waals surface area contributed by atoms with Crippen LogP contribution < -0.4 is 0 Å². The van der Waals surface area contributed by atoms with E-state index in [1.165, 1.54) is 37.8 Å². The Kier molecular flexibility index (Phi) is 5.28. The molecule has 1 fully saturated rings. The van der Waals surface area contributed by atoms with Gasteiger partial charge in [-0.3, -0.25) is 0 Å². The molecule has 1 aliphatic rings. The Balaban J connectivity index is 1.88. The van der Waals surface area contributed by atoms with Gasteiger partial charge in [-0.15, -0.1) is 0 Å². The molecule has 0 spiro atoms. The average Bonchev–Trinajstić information content (AvgIpc) is 2.40. The van der Waals surface area contributed by atoms with Crippen molar-refractivity contribution in [2.24, 2.45) is 11.8 Å². The summed E-state index contributed by atoms with van der Waals surface area (Å²) in [5.41, 5.74) is 0.537. The largest absolute Gasteiger partial charge is 0.393 e. The third-order valence-corrected chi connectivity index (χ3v) is 4.49. The van der Waals surface area contributed by atoms with Crippen molar-refractivity contribution in [1.82, 2.24) is 0 Å². The van der Waals surface area contributed by atoms with Gasteiger partial charge < -0.3 is 0 Å². The van der Waals surface area contributed by atoms with Crippen LogP contribution in [0.2, 0.25) is 0 Å². The number of hydrogen-bond acceptors (Lipinski definition) is 0. The second kappa shape index (κ2) is 6.80. The quantitative estimate of drug-likeness (QED) is 0.627. The summed E-state index contributed by atoms with van der Waals surface area (Å²) in [6.45, 7) is 2.27. The number of alkyl halides is 3. The van der Waals surface area contributed by atoms with Crippen LogP contribution in [0.1, 0.15) is 50.2 Å². The lowest BCUT2D eigenvalue weighted by molar-refractivity contribution is -0.127. The summed E-state index contributed by atoms with van der Waals surface area (Å²) in [6.07, 6.45) is 1.15. The summed E-state index contributed by atoms with van der Waals surface area (Å²) in [4.78, 5) is 0. The Bertz CT molecular complexity index is 456. The highest BCUT2D eigenvalue weighted by atomic mass is 19.4. The van der Waals surface area contributed by atoms with E-state index in [-0.39, 0.29) is 5.56 Å². The highest BCUT2D eigenvalue weighted by Gasteiger charge is 2.29. The van der Waals surface area contributed by atoms with E-state index in [1.807, 2.05) is 0 Å². The average molecular weight is 302 g/mol. The number of halogens is 4. The molecular formula is C17H22F4. The number of benzene rings is 1. The van der Waals surface area contributed by atoms with E-state index < -0.39 is 18.4 Å². The zero-order valence-electron chi connectivity index (χ0n) is 12.3. The summed E-state index contributed by atoms with van der Waals surface area (Å²) in [5.74, 6) is 0.751. The summed E-state index contributed by atoms with van der Waals surface area (Å²) >= 11 is 0. The van der Waals surface area contributed by atoms with Gasteiger partial charge in [0.25, 0.3) is 0 Å². The Morgan fingerprint density at radius 3 is 2.33 bits per heavy atom. The van der Waals surface area contributed by atoms with Gasteiger partial charge in [-0.2, -0.15) is 13.2 Å². The highest BCUT2D eigenvalue weighted by molar-refractivity contribution is 5.25. The highest BCUT2D eigenvalue weighted by Crippen LogP contribution is 2.31. The van der Waals surface area contributed by atoms with Crippen LogP contribution in [0.25, 0.3) is 0 Å². The van der Waals surface area contributed by atoms with Gasteiger partial charge in [0.05, 0.1) is 6.42 Å². The lowest BCUT2D eigenvalue weighted by Gasteiger charge is -2.26. The fourth-order valence-corrected chi connectivity index (χ4v) is 3.09. The fourth-order valence-electron chi connectivity index (χ4n) is 3.09. The minimum absolute atomic E-state index is 0.266. The maximum Gasteiger partial charge on any atom is 0.393 e. The van der Waals surface area contributed by atoms with Crippen LogP contribution >= 0.6 is 0 Å². The van der Waals surface area contributed by atoms with Crippen LogP contribution in [0.15, 0.2) is 18.2 Å². The van der Waals surface area contributed by atoms with Gasteiger partial charge in [-0.1, -0.05) is 44.7 Å². The molecule has 0 aliphatic heterocycles. The van der Waals surface area contributed by atoms with Crippen LogP contribution in [0.4, 0.5) is 17.6 Å². The Hall–Kier alpha value is -1.06. The van der Waals surface area contributed by atoms with Crippen molar-refractivity contribution in [2.75, 3.05) is 0 Å². The van der Waals surface area contributed by atoms with Crippen molar-refractivity contribution in [3.8, 4) is 0 Å². The Morgan fingerprint density at radius 2 is 1.76 bits per heavy atom. The molecule has 1 aromatic rings. The molecule has 0 bridgehead atoms. The first-order chi connectivity index (χ1) is 9.83. The summed E-state index contributed by atoms with van der Waals surface area (Å²) in [5, 5.41) is 0. The Labute approximate surface area is 123 Å². The number of hydrogen-bond donors (Lipinski definition) is 0. The van der Waals surface area contributed by atoms with Crippen molar-refractivity contribution in [3.05, 3.63) is 35.1 Å². The zero-order valence-corrected chi connectivity index (χ0v) is 12.3. The molecule has 0 N–H and O–H groups in total. The SMILES string of the molecule is CC1CCC(CCc2ccc(CC(F)(F)F)c(F)c2)CC1. The topological polar surface area (TPSA) is 0 Å². The smallest absolute Gasteiger partial charge is 0.207 e. The van der Waals surface area contributed by atoms with Gasteiger partial charge in [-0.05, 0) is 41.9 Å². The van der Waals surface area contributed by atoms with Gasteiger partial charge >= 0.3 is 6.18 Å². The standard InChI is InChI=1S/C17H22F4/c1-12-2-4-13(5-3-12)6-7-14-8-9-15(16(18)10-14)11-17(19,20)21/h8-10,12-13H,2-7,11H2,1H3. The molecule has 0 heterocycles. The van der Waals surface area contributed by atoms with Crippen molar-refractivity contribution in [1.29, 1.82) is 0 Å². The van der Waals surface area contributed by atoms with Crippen molar-refractivity contribution < 1.29 is 17.6 Å². The normalized spacial score (nSPS) is 23.3. The molecular weight excluding hydrogens is 280 g/mol. The zero-order chi connectivity index (χ0) is 15.5. The predicted molar refractivity (Wildman–Crippen MR) is 75.6 cm³/mol. The minimum Gasteiger partial charge on any atom is -0.207 e. The van der Waals surface area contributed by atoms with Crippen molar-refractivity contribution in [3.63, 3.8) is 0 Å². The summed E-state index contributed by atoms with van der Waals surface area (Å²) in [6, 6.07) is 4.18. The van der Waals surface area contributed by atoms with E-state index in [4.69, 9.17) is 0 Å². The monoisotopic (exact) mass is 302 g/mol. The second-order valence-corrected chi connectivity index (χ2v) is 6.38. The molecule has 4 heteroatoms. The van der Waals surface area contributed by atoms with Crippen LogP contribution in [0, 0.1) is 17.7 Å². The van der Waals surface area contributed by atoms with Crippen molar-refractivity contribution >= 4 is 0 Å². The van der Waals surface area contributed by atoms with E-state index in [0.717, 1.165) is 24.3 Å². The molecule has 1 aliphatic carbocycles. The third kappa shape index (κ3) is 5.33. The molecule has 0 atom stereocenters. The van der Waals surface area contributed by atoms with Gasteiger partial charge in [0, 0.05) is 0 Å². The van der Waals surface area contributed by atoms with E-state index in [0.29, 0.717) is 5.92 Å². The maximum atomic E-state index is 13.7. The van der Waals surface area contributed by atoms with Gasteiger partial charge in [0.15, 0.2) is 0 Å². The third-order valence-electron chi connectivity index (χ3n) is 4.49. The van der Waals surface area contributed by atoms with E-state index >= 15 is 0 Å². The van der Waals surface area contributed by atoms with Crippen LogP contribution in [0.3, 0.4) is 0 Å². The van der Waals surface area contributed by atoms with Crippen LogP contribution in [0.5, 0.6) is 0 Å². The van der Waals surface area contributed by atoms with Crippen LogP contribution in [-0.2, 0) is 12.8 Å². The molecule has 0 saturated heterocycles.